The molecule has 0 fully saturated rings. The van der Waals surface area contributed by atoms with Gasteiger partial charge < -0.3 is 4.57 Å². The molecular weight excluding hydrogens is 588 g/mol. The Balaban J connectivity index is 1.31. The van der Waals surface area contributed by atoms with Crippen LogP contribution in [-0.2, 0) is 16.7 Å². The molecule has 44 heavy (non-hydrogen) atoms. The normalized spacial score (nSPS) is 17.2. The molecule has 0 amide bonds. The lowest BCUT2D eigenvalue weighted by molar-refractivity contribution is -0.430. The van der Waals surface area contributed by atoms with Crippen molar-refractivity contribution < 1.29 is 17.5 Å². The zero-order chi connectivity index (χ0) is 30.7. The molecule has 2 aliphatic rings. The van der Waals surface area contributed by atoms with Gasteiger partial charge in [0.2, 0.25) is 11.4 Å². The molecule has 7 heteroatoms. The van der Waals surface area contributed by atoms with Crippen LogP contribution in [0.1, 0.15) is 44.2 Å². The average Bonchev–Trinajstić information content (AvgIpc) is 3.50. The van der Waals surface area contributed by atoms with Crippen LogP contribution in [0, 0.1) is 6.92 Å². The van der Waals surface area contributed by atoms with Crippen LogP contribution in [0.15, 0.2) is 100.0 Å². The molecule has 0 radical (unpaired) electrons. The first-order valence-corrected chi connectivity index (χ1v) is 17.0. The molecule has 2 heterocycles. The van der Waals surface area contributed by atoms with Crippen molar-refractivity contribution in [1.29, 1.82) is 0 Å². The van der Waals surface area contributed by atoms with Gasteiger partial charge in [0, 0.05) is 50.7 Å². The van der Waals surface area contributed by atoms with Crippen molar-refractivity contribution in [3.8, 4) is 0 Å². The average molecular weight is 622 g/mol. The predicted molar refractivity (Wildman–Crippen MR) is 182 cm³/mol. The number of benzene rings is 4. The topological polar surface area (TPSA) is 62.3 Å². The lowest BCUT2D eigenvalue weighted by Gasteiger charge is -2.16. The van der Waals surface area contributed by atoms with E-state index in [0.717, 1.165) is 63.6 Å². The van der Waals surface area contributed by atoms with Crippen LogP contribution in [0.2, 0.25) is 0 Å². The summed E-state index contributed by atoms with van der Waals surface area (Å²) in [5.74, 6) is 0. The van der Waals surface area contributed by atoms with E-state index in [2.05, 4.69) is 84.5 Å². The maximum atomic E-state index is 12.1. The summed E-state index contributed by atoms with van der Waals surface area (Å²) in [5.41, 5.74) is 8.17. The van der Waals surface area contributed by atoms with Crippen LogP contribution < -0.4 is 5.35 Å². The van der Waals surface area contributed by atoms with Gasteiger partial charge in [0.1, 0.15) is 11.4 Å². The van der Waals surface area contributed by atoms with E-state index in [4.69, 9.17) is 11.6 Å². The third-order valence-corrected chi connectivity index (χ3v) is 10.6. The number of halogens is 1. The van der Waals surface area contributed by atoms with E-state index in [0.29, 0.717) is 11.9 Å². The molecule has 0 spiro atoms. The molecule has 7 rings (SSSR count). The Morgan fingerprint density at radius 1 is 0.909 bits per heavy atom. The van der Waals surface area contributed by atoms with Crippen LogP contribution in [0.25, 0.3) is 38.5 Å². The predicted octanol–water partition coefficient (Wildman–Crippen LogP) is 8.35. The zero-order valence-electron chi connectivity index (χ0n) is 25.1. The monoisotopic (exact) mass is 621 g/mol. The van der Waals surface area contributed by atoms with Gasteiger partial charge in [-0.1, -0.05) is 60.2 Å². The van der Waals surface area contributed by atoms with E-state index >= 15 is 0 Å². The Bertz CT molecular complexity index is 2320. The van der Waals surface area contributed by atoms with Crippen molar-refractivity contribution in [2.24, 2.45) is 0 Å². The van der Waals surface area contributed by atoms with E-state index < -0.39 is 10.1 Å². The molecule has 0 saturated heterocycles. The van der Waals surface area contributed by atoms with Crippen molar-refractivity contribution in [3.63, 3.8) is 0 Å². The highest BCUT2D eigenvalue weighted by Crippen LogP contribution is 2.38. The highest BCUT2D eigenvalue weighted by molar-refractivity contribution is 7.86. The molecule has 4 aromatic carbocycles. The van der Waals surface area contributed by atoms with E-state index in [1.807, 2.05) is 12.1 Å². The summed E-state index contributed by atoms with van der Waals surface area (Å²) in [5, 5.41) is 6.71. The summed E-state index contributed by atoms with van der Waals surface area (Å²) in [4.78, 5) is -0.0697. The van der Waals surface area contributed by atoms with Crippen LogP contribution >= 0.6 is 11.6 Å². The Morgan fingerprint density at radius 3 is 2.45 bits per heavy atom. The molecule has 222 valence electrons. The van der Waals surface area contributed by atoms with Crippen LogP contribution in [0.4, 0.5) is 5.69 Å². The van der Waals surface area contributed by atoms with E-state index in [-0.39, 0.29) is 4.90 Å². The van der Waals surface area contributed by atoms with Crippen molar-refractivity contribution in [1.82, 2.24) is 4.57 Å². The molecule has 0 unspecified atom stereocenters. The van der Waals surface area contributed by atoms with Crippen LogP contribution in [-0.4, -0.2) is 34.4 Å². The number of aromatic nitrogens is 1. The number of nitrogens with zero attached hydrogens (tertiary/aromatic N) is 2. The molecule has 0 saturated carbocycles. The Morgan fingerprint density at radius 2 is 1.68 bits per heavy atom. The molecule has 5 aromatic rings. The highest BCUT2D eigenvalue weighted by atomic mass is 35.5. The van der Waals surface area contributed by atoms with Crippen molar-refractivity contribution in [3.05, 3.63) is 112 Å². The Kier molecular flexibility index (Phi) is 7.12. The second kappa shape index (κ2) is 10.9. The maximum Gasteiger partial charge on any atom is 0.295 e. The van der Waals surface area contributed by atoms with Gasteiger partial charge >= 0.3 is 0 Å². The van der Waals surface area contributed by atoms with Gasteiger partial charge in [-0.2, -0.15) is 13.0 Å². The summed E-state index contributed by atoms with van der Waals surface area (Å²) in [6, 6.07) is 19.9. The maximum absolute atomic E-state index is 12.1. The SMILES string of the molecule is CCn1/c(=C\C=C2/CCCC(/C=C/C3=[N+](CC)c4ccc(C)c5cccc3c45)=C2Cl)c2cccc3c(S(=O)(=O)O)ccc1c32. The molecular formula is C37H34ClN2O3S+. The van der Waals surface area contributed by atoms with Crippen LogP contribution in [0.3, 0.4) is 0 Å². The second-order valence-electron chi connectivity index (χ2n) is 11.6. The smallest absolute Gasteiger partial charge is 0.295 e. The van der Waals surface area contributed by atoms with Gasteiger partial charge in [-0.15, -0.1) is 0 Å². The molecule has 0 atom stereocenters. The summed E-state index contributed by atoms with van der Waals surface area (Å²) in [6.07, 6.45) is 11.5. The number of hydrogen-bond acceptors (Lipinski definition) is 2. The summed E-state index contributed by atoms with van der Waals surface area (Å²) in [7, 11) is -4.35. The van der Waals surface area contributed by atoms with Gasteiger partial charge in [0.15, 0.2) is 0 Å². The standard InChI is InChI=1S/C37H33ClN2O3S/c1-4-39-30(27-12-7-11-26-23(3)15-18-32(39)35(26)27)19-16-24-9-6-10-25(37(24)38)17-20-31-28-13-8-14-29-34(44(41,42)43)22-21-33(36(28)29)40(31)5-2/h7-8,11-22H,4-6,9-10H2,1-3H3/p+1. The van der Waals surface area contributed by atoms with Gasteiger partial charge in [-0.3, -0.25) is 4.55 Å². The quantitative estimate of drug-likeness (QED) is 0.153. The van der Waals surface area contributed by atoms with Crippen LogP contribution in [0.5, 0.6) is 0 Å². The van der Waals surface area contributed by atoms with E-state index in [9.17, 15) is 13.0 Å². The van der Waals surface area contributed by atoms with Gasteiger partial charge in [-0.25, -0.2) is 0 Å². The minimum absolute atomic E-state index is 0.0697. The zero-order valence-corrected chi connectivity index (χ0v) is 26.6. The molecule has 5 nitrogen and oxygen atoms in total. The van der Waals surface area contributed by atoms with Crippen molar-refractivity contribution in [2.45, 2.75) is 51.5 Å². The number of aryl methyl sites for hydroxylation is 2. The molecule has 1 aliphatic heterocycles. The third-order valence-electron chi connectivity index (χ3n) is 9.18. The number of hydrogen-bond donors (Lipinski definition) is 1. The fourth-order valence-corrected chi connectivity index (χ4v) is 8.16. The molecule has 1 aromatic heterocycles. The second-order valence-corrected chi connectivity index (χ2v) is 13.3. The lowest BCUT2D eigenvalue weighted by Crippen LogP contribution is -2.15. The fraction of sp³-hybridized carbons (Fsp3) is 0.216. The van der Waals surface area contributed by atoms with Gasteiger partial charge in [-0.05, 0) is 86.4 Å². The minimum Gasteiger partial charge on any atom is -0.341 e. The first-order chi connectivity index (χ1) is 21.2. The summed E-state index contributed by atoms with van der Waals surface area (Å²) >= 11 is 7.09. The Hall–Kier alpha value is -3.97. The fourth-order valence-electron chi connectivity index (χ4n) is 7.16. The molecule has 1 aliphatic carbocycles. The number of rotatable bonds is 6. The minimum atomic E-state index is -4.35. The Labute approximate surface area is 262 Å². The van der Waals surface area contributed by atoms with Gasteiger partial charge in [0.05, 0.1) is 10.9 Å². The van der Waals surface area contributed by atoms with Crippen molar-refractivity contribution >= 4 is 71.6 Å². The largest absolute Gasteiger partial charge is 0.341 e. The van der Waals surface area contributed by atoms with Gasteiger partial charge in [0.25, 0.3) is 10.1 Å². The first kappa shape index (κ1) is 28.8. The number of allylic oxidation sites excluding steroid dienone is 6. The summed E-state index contributed by atoms with van der Waals surface area (Å²) in [6.45, 7) is 8.03. The third kappa shape index (κ3) is 4.47. The van der Waals surface area contributed by atoms with E-state index in [1.165, 1.54) is 39.4 Å². The first-order valence-electron chi connectivity index (χ1n) is 15.2. The summed E-state index contributed by atoms with van der Waals surface area (Å²) < 4.78 is 38.6. The lowest BCUT2D eigenvalue weighted by atomic mass is 9.93. The molecule has 1 N–H and O–H groups in total. The highest BCUT2D eigenvalue weighted by Gasteiger charge is 2.30. The molecule has 0 bridgehead atoms. The van der Waals surface area contributed by atoms with Crippen molar-refractivity contribution in [2.75, 3.05) is 6.54 Å². The van der Waals surface area contributed by atoms with E-state index in [1.54, 1.807) is 12.1 Å².